The third-order valence-corrected chi connectivity index (χ3v) is 3.64. The van der Waals surface area contributed by atoms with Gasteiger partial charge in [-0.3, -0.25) is 4.79 Å². The molecule has 0 saturated heterocycles. The van der Waals surface area contributed by atoms with Gasteiger partial charge in [0.15, 0.2) is 0 Å². The van der Waals surface area contributed by atoms with E-state index < -0.39 is 5.97 Å². The van der Waals surface area contributed by atoms with Gasteiger partial charge in [-0.1, -0.05) is 11.6 Å². The van der Waals surface area contributed by atoms with Crippen LogP contribution >= 0.6 is 27.5 Å². The highest BCUT2D eigenvalue weighted by molar-refractivity contribution is 9.10. The van der Waals surface area contributed by atoms with Crippen LogP contribution in [0.3, 0.4) is 0 Å². The molecule has 1 aromatic carbocycles. The third-order valence-electron chi connectivity index (χ3n) is 2.24. The van der Waals surface area contributed by atoms with Gasteiger partial charge in [-0.15, -0.1) is 0 Å². The average Bonchev–Trinajstić information content (AvgIpc) is 2.31. The van der Waals surface area contributed by atoms with Crippen LogP contribution in [0.5, 0.6) is 0 Å². The number of aromatic nitrogens is 1. The van der Waals surface area contributed by atoms with E-state index in [2.05, 4.69) is 26.2 Å². The van der Waals surface area contributed by atoms with E-state index in [9.17, 15) is 4.79 Å². The summed E-state index contributed by atoms with van der Waals surface area (Å²) in [5, 5.41) is 13.7. The van der Waals surface area contributed by atoms with Crippen LogP contribution in [0.25, 0.3) is 10.8 Å². The molecule has 0 aliphatic carbocycles. The lowest BCUT2D eigenvalue weighted by molar-refractivity contribution is -0.134. The van der Waals surface area contributed by atoms with Crippen LogP contribution in [-0.4, -0.2) is 22.6 Å². The summed E-state index contributed by atoms with van der Waals surface area (Å²) < 4.78 is 0.775. The fourth-order valence-electron chi connectivity index (χ4n) is 1.49. The van der Waals surface area contributed by atoms with Crippen molar-refractivity contribution < 1.29 is 9.90 Å². The molecule has 0 atom stereocenters. The zero-order valence-corrected chi connectivity index (χ0v) is 10.9. The highest BCUT2D eigenvalue weighted by Crippen LogP contribution is 2.33. The Balaban J connectivity index is 2.51. The van der Waals surface area contributed by atoms with Crippen molar-refractivity contribution in [2.45, 2.75) is 0 Å². The van der Waals surface area contributed by atoms with Gasteiger partial charge in [0, 0.05) is 21.4 Å². The lowest BCUT2D eigenvalue weighted by Crippen LogP contribution is -2.13. The smallest absolute Gasteiger partial charge is 0.322 e. The summed E-state index contributed by atoms with van der Waals surface area (Å²) in [6.45, 7) is -0.174. The number of hydrogen-bond acceptors (Lipinski definition) is 3. The average molecular weight is 316 g/mol. The first kappa shape index (κ1) is 12.1. The first-order chi connectivity index (χ1) is 8.09. The Bertz CT molecular complexity index is 589. The summed E-state index contributed by atoms with van der Waals surface area (Å²) in [5.74, 6) is -0.404. The maximum Gasteiger partial charge on any atom is 0.322 e. The molecular formula is C11H8BrClN2O2. The maximum atomic E-state index is 10.5. The zero-order chi connectivity index (χ0) is 12.4. The van der Waals surface area contributed by atoms with Crippen LogP contribution < -0.4 is 5.32 Å². The molecule has 0 spiro atoms. The fourth-order valence-corrected chi connectivity index (χ4v) is 2.13. The number of benzene rings is 1. The second kappa shape index (κ2) is 4.89. The molecule has 2 N–H and O–H groups in total. The number of rotatable bonds is 3. The Labute approximate surface area is 111 Å². The molecule has 1 aromatic heterocycles. The first-order valence-corrected chi connectivity index (χ1v) is 5.95. The van der Waals surface area contributed by atoms with E-state index in [1.54, 1.807) is 18.3 Å². The summed E-state index contributed by atoms with van der Waals surface area (Å²) in [6.07, 6.45) is 1.60. The number of anilines is 1. The molecule has 0 amide bonds. The Hall–Kier alpha value is -1.33. The molecule has 88 valence electrons. The summed E-state index contributed by atoms with van der Waals surface area (Å²) in [4.78, 5) is 14.6. The zero-order valence-electron chi connectivity index (χ0n) is 8.58. The number of pyridine rings is 1. The molecule has 1 heterocycles. The topological polar surface area (TPSA) is 62.2 Å². The predicted octanol–water partition coefficient (Wildman–Crippen LogP) is 3.15. The van der Waals surface area contributed by atoms with Crippen LogP contribution in [0.4, 0.5) is 5.82 Å². The summed E-state index contributed by atoms with van der Waals surface area (Å²) in [7, 11) is 0. The molecule has 0 saturated carbocycles. The van der Waals surface area contributed by atoms with E-state index >= 15 is 0 Å². The van der Waals surface area contributed by atoms with Crippen molar-refractivity contribution in [3.8, 4) is 0 Å². The SMILES string of the molecule is O=C(O)CNc1nccc2c(Br)c(Cl)ccc12. The van der Waals surface area contributed by atoms with Gasteiger partial charge < -0.3 is 10.4 Å². The van der Waals surface area contributed by atoms with E-state index in [-0.39, 0.29) is 6.54 Å². The molecule has 17 heavy (non-hydrogen) atoms. The minimum Gasteiger partial charge on any atom is -0.480 e. The van der Waals surface area contributed by atoms with Gasteiger partial charge in [0.2, 0.25) is 0 Å². The number of nitrogens with zero attached hydrogens (tertiary/aromatic N) is 1. The largest absolute Gasteiger partial charge is 0.480 e. The van der Waals surface area contributed by atoms with Gasteiger partial charge in [0.1, 0.15) is 12.4 Å². The van der Waals surface area contributed by atoms with Crippen molar-refractivity contribution in [2.75, 3.05) is 11.9 Å². The van der Waals surface area contributed by atoms with Gasteiger partial charge in [-0.25, -0.2) is 4.98 Å². The Morgan fingerprint density at radius 2 is 2.18 bits per heavy atom. The van der Waals surface area contributed by atoms with Gasteiger partial charge in [0.05, 0.1) is 5.02 Å². The van der Waals surface area contributed by atoms with Crippen molar-refractivity contribution in [2.24, 2.45) is 0 Å². The molecule has 2 rings (SSSR count). The van der Waals surface area contributed by atoms with Gasteiger partial charge in [-0.05, 0) is 34.1 Å². The van der Waals surface area contributed by atoms with E-state index in [1.807, 2.05) is 6.07 Å². The molecule has 0 radical (unpaired) electrons. The molecular weight excluding hydrogens is 307 g/mol. The highest BCUT2D eigenvalue weighted by atomic mass is 79.9. The molecule has 6 heteroatoms. The second-order valence-electron chi connectivity index (χ2n) is 3.36. The predicted molar refractivity (Wildman–Crippen MR) is 70.6 cm³/mol. The maximum absolute atomic E-state index is 10.5. The quantitative estimate of drug-likeness (QED) is 0.913. The van der Waals surface area contributed by atoms with Crippen LogP contribution in [0.1, 0.15) is 0 Å². The van der Waals surface area contributed by atoms with Gasteiger partial charge in [-0.2, -0.15) is 0 Å². The molecule has 0 aliphatic heterocycles. The van der Waals surface area contributed by atoms with Crippen molar-refractivity contribution >= 4 is 50.1 Å². The van der Waals surface area contributed by atoms with E-state index in [0.29, 0.717) is 10.8 Å². The first-order valence-electron chi connectivity index (χ1n) is 4.78. The van der Waals surface area contributed by atoms with Crippen molar-refractivity contribution in [1.82, 2.24) is 4.98 Å². The van der Waals surface area contributed by atoms with Crippen LogP contribution in [0, 0.1) is 0 Å². The number of aliphatic carboxylic acids is 1. The number of hydrogen-bond donors (Lipinski definition) is 2. The van der Waals surface area contributed by atoms with Crippen molar-refractivity contribution in [3.05, 3.63) is 33.9 Å². The highest BCUT2D eigenvalue weighted by Gasteiger charge is 2.08. The fraction of sp³-hybridized carbons (Fsp3) is 0.0909. The molecule has 2 aromatic rings. The van der Waals surface area contributed by atoms with E-state index in [4.69, 9.17) is 16.7 Å². The van der Waals surface area contributed by atoms with Crippen LogP contribution in [0.15, 0.2) is 28.9 Å². The second-order valence-corrected chi connectivity index (χ2v) is 4.56. The molecule has 0 bridgehead atoms. The number of carboxylic acids is 1. The van der Waals surface area contributed by atoms with Gasteiger partial charge >= 0.3 is 5.97 Å². The minimum absolute atomic E-state index is 0.174. The van der Waals surface area contributed by atoms with Crippen LogP contribution in [0.2, 0.25) is 5.02 Å². The lowest BCUT2D eigenvalue weighted by Gasteiger charge is -2.08. The number of fused-ring (bicyclic) bond motifs is 1. The van der Waals surface area contributed by atoms with Crippen molar-refractivity contribution in [3.63, 3.8) is 0 Å². The molecule has 0 aliphatic rings. The number of halogens is 2. The standard InChI is InChI=1S/C11H8BrClN2O2/c12-10-6-3-4-14-11(15-5-9(16)17)7(6)1-2-8(10)13/h1-4H,5H2,(H,14,15)(H,16,17). The Morgan fingerprint density at radius 1 is 1.41 bits per heavy atom. The third kappa shape index (κ3) is 2.50. The lowest BCUT2D eigenvalue weighted by atomic mass is 10.1. The van der Waals surface area contributed by atoms with E-state index in [1.165, 1.54) is 0 Å². The summed E-state index contributed by atoms with van der Waals surface area (Å²) in [6, 6.07) is 5.36. The summed E-state index contributed by atoms with van der Waals surface area (Å²) in [5.41, 5.74) is 0. The Kier molecular flexibility index (Phi) is 3.49. The number of nitrogens with one attached hydrogen (secondary N) is 1. The minimum atomic E-state index is -0.933. The van der Waals surface area contributed by atoms with E-state index in [0.717, 1.165) is 15.2 Å². The van der Waals surface area contributed by atoms with Gasteiger partial charge in [0.25, 0.3) is 0 Å². The van der Waals surface area contributed by atoms with Crippen molar-refractivity contribution in [1.29, 1.82) is 0 Å². The molecule has 0 fully saturated rings. The molecule has 4 nitrogen and oxygen atoms in total. The summed E-state index contributed by atoms with van der Waals surface area (Å²) >= 11 is 9.38. The number of carboxylic acid groups (broad SMARTS) is 1. The normalized spacial score (nSPS) is 10.5. The molecule has 0 unspecified atom stereocenters. The van der Waals surface area contributed by atoms with Crippen LogP contribution in [-0.2, 0) is 4.79 Å². The number of carbonyl (C=O) groups is 1. The Morgan fingerprint density at radius 3 is 2.88 bits per heavy atom. The monoisotopic (exact) mass is 314 g/mol.